The number of ether oxygens (including phenoxy) is 2. The van der Waals surface area contributed by atoms with Crippen LogP contribution in [0.4, 0.5) is 5.69 Å². The summed E-state index contributed by atoms with van der Waals surface area (Å²) in [6.07, 6.45) is 0.0919. The fourth-order valence-electron chi connectivity index (χ4n) is 2.78. The Labute approximate surface area is 109 Å². The molecule has 2 aliphatic rings. The molecule has 0 bridgehead atoms. The van der Waals surface area contributed by atoms with Gasteiger partial charge in [-0.15, -0.1) is 0 Å². The van der Waals surface area contributed by atoms with Gasteiger partial charge in [0.2, 0.25) is 5.75 Å². The third-order valence-corrected chi connectivity index (χ3v) is 3.55. The molecule has 1 aromatic carbocycles. The minimum absolute atomic E-state index is 0.0204. The Morgan fingerprint density at radius 3 is 2.53 bits per heavy atom. The van der Waals surface area contributed by atoms with E-state index in [0.29, 0.717) is 48.5 Å². The van der Waals surface area contributed by atoms with Gasteiger partial charge >= 0.3 is 5.69 Å². The largest absolute Gasteiger partial charge is 0.492 e. The minimum Gasteiger partial charge on any atom is -0.492 e. The lowest BCUT2D eigenvalue weighted by atomic mass is 9.94. The van der Waals surface area contributed by atoms with Crippen LogP contribution in [0, 0.1) is 10.1 Å². The van der Waals surface area contributed by atoms with Crippen LogP contribution < -0.4 is 15.2 Å². The highest BCUT2D eigenvalue weighted by Crippen LogP contribution is 2.50. The number of nitro benzene ring substituents is 1. The molecule has 1 atom stereocenters. The number of nitro groups is 1. The Hall–Kier alpha value is -1.86. The summed E-state index contributed by atoms with van der Waals surface area (Å²) in [5, 5.41) is 21.3. The molecule has 0 spiro atoms. The predicted octanol–water partition coefficient (Wildman–Crippen LogP) is 0.457. The molecule has 1 aromatic rings. The Bertz CT molecular complexity index is 523. The van der Waals surface area contributed by atoms with Crippen LogP contribution in [0.1, 0.15) is 22.8 Å². The van der Waals surface area contributed by atoms with E-state index >= 15 is 0 Å². The number of rotatable bonds is 3. The summed E-state index contributed by atoms with van der Waals surface area (Å²) in [5.74, 6) is 0.700. The summed E-state index contributed by atoms with van der Waals surface area (Å²) < 4.78 is 10.9. The molecule has 3 rings (SSSR count). The van der Waals surface area contributed by atoms with Gasteiger partial charge in [-0.3, -0.25) is 10.1 Å². The molecule has 0 aromatic heterocycles. The molecule has 1 unspecified atom stereocenters. The average molecular weight is 266 g/mol. The van der Waals surface area contributed by atoms with Gasteiger partial charge in [0.05, 0.1) is 29.8 Å². The maximum absolute atomic E-state index is 11.3. The molecular weight excluding hydrogens is 252 g/mol. The number of aliphatic hydroxyl groups excluding tert-OH is 1. The van der Waals surface area contributed by atoms with E-state index in [4.69, 9.17) is 15.2 Å². The third kappa shape index (κ3) is 1.66. The first-order valence-corrected chi connectivity index (χ1v) is 6.14. The van der Waals surface area contributed by atoms with Gasteiger partial charge in [-0.25, -0.2) is 0 Å². The Balaban J connectivity index is 2.31. The quantitative estimate of drug-likeness (QED) is 0.607. The second-order valence-electron chi connectivity index (χ2n) is 4.58. The maximum Gasteiger partial charge on any atom is 0.318 e. The Kier molecular flexibility index (Phi) is 2.79. The number of nitrogens with zero attached hydrogens (tertiary/aromatic N) is 1. The van der Waals surface area contributed by atoms with Crippen LogP contribution in [0.2, 0.25) is 0 Å². The number of hydrogen-bond donors (Lipinski definition) is 2. The lowest BCUT2D eigenvalue weighted by Gasteiger charge is -2.16. The van der Waals surface area contributed by atoms with E-state index < -0.39 is 11.0 Å². The van der Waals surface area contributed by atoms with Crippen molar-refractivity contribution in [3.05, 3.63) is 26.8 Å². The van der Waals surface area contributed by atoms with Crippen molar-refractivity contribution in [2.24, 2.45) is 5.73 Å². The molecule has 0 aliphatic carbocycles. The highest BCUT2D eigenvalue weighted by molar-refractivity contribution is 5.69. The van der Waals surface area contributed by atoms with Crippen LogP contribution in [0.5, 0.6) is 11.5 Å². The van der Waals surface area contributed by atoms with Gasteiger partial charge in [-0.2, -0.15) is 0 Å². The van der Waals surface area contributed by atoms with Crippen molar-refractivity contribution in [2.75, 3.05) is 19.8 Å². The van der Waals surface area contributed by atoms with E-state index in [9.17, 15) is 15.2 Å². The summed E-state index contributed by atoms with van der Waals surface area (Å²) in [4.78, 5) is 10.8. The lowest BCUT2D eigenvalue weighted by molar-refractivity contribution is -0.386. The molecule has 0 saturated heterocycles. The normalized spacial score (nSPS) is 17.4. The van der Waals surface area contributed by atoms with E-state index in [1.54, 1.807) is 0 Å². The lowest BCUT2D eigenvalue weighted by Crippen LogP contribution is -2.14. The topological polar surface area (TPSA) is 108 Å². The summed E-state index contributed by atoms with van der Waals surface area (Å²) >= 11 is 0. The molecule has 3 N–H and O–H groups in total. The molecule has 0 radical (unpaired) electrons. The van der Waals surface area contributed by atoms with Gasteiger partial charge in [0, 0.05) is 30.5 Å². The molecule has 102 valence electrons. The average Bonchev–Trinajstić information content (AvgIpc) is 3.02. The predicted molar refractivity (Wildman–Crippen MR) is 65.5 cm³/mol. The summed E-state index contributed by atoms with van der Waals surface area (Å²) in [6.45, 7) is 0.798. The molecule has 7 nitrogen and oxygen atoms in total. The van der Waals surface area contributed by atoms with Crippen molar-refractivity contribution in [2.45, 2.75) is 18.9 Å². The number of nitrogens with two attached hydrogens (primary N) is 1. The van der Waals surface area contributed by atoms with Crippen molar-refractivity contribution < 1.29 is 19.5 Å². The molecule has 0 fully saturated rings. The van der Waals surface area contributed by atoms with Gasteiger partial charge in [0.15, 0.2) is 0 Å². The molecule has 2 aliphatic heterocycles. The highest BCUT2D eigenvalue weighted by atomic mass is 16.6. The van der Waals surface area contributed by atoms with Gasteiger partial charge in [-0.1, -0.05) is 0 Å². The maximum atomic E-state index is 11.3. The van der Waals surface area contributed by atoms with E-state index in [1.165, 1.54) is 0 Å². The number of aliphatic hydroxyl groups is 1. The van der Waals surface area contributed by atoms with E-state index in [1.807, 2.05) is 0 Å². The fraction of sp³-hybridized carbons (Fsp3) is 0.500. The summed E-state index contributed by atoms with van der Waals surface area (Å²) in [5.41, 5.74) is 7.22. The van der Waals surface area contributed by atoms with Crippen molar-refractivity contribution in [1.29, 1.82) is 0 Å². The van der Waals surface area contributed by atoms with Gasteiger partial charge < -0.3 is 20.3 Å². The van der Waals surface area contributed by atoms with Gasteiger partial charge in [-0.05, 0) is 0 Å². The van der Waals surface area contributed by atoms with Gasteiger partial charge in [0.25, 0.3) is 0 Å². The third-order valence-electron chi connectivity index (χ3n) is 3.55. The number of hydrogen-bond acceptors (Lipinski definition) is 6. The Morgan fingerprint density at radius 1 is 1.26 bits per heavy atom. The van der Waals surface area contributed by atoms with Crippen LogP contribution in [0.15, 0.2) is 0 Å². The van der Waals surface area contributed by atoms with Crippen molar-refractivity contribution in [1.82, 2.24) is 0 Å². The van der Waals surface area contributed by atoms with Crippen molar-refractivity contribution in [3.63, 3.8) is 0 Å². The number of benzene rings is 1. The highest BCUT2D eigenvalue weighted by Gasteiger charge is 2.38. The molecule has 2 heterocycles. The summed E-state index contributed by atoms with van der Waals surface area (Å²) in [7, 11) is 0. The first-order chi connectivity index (χ1) is 9.15. The molecule has 7 heteroatoms. The second-order valence-corrected chi connectivity index (χ2v) is 4.58. The van der Waals surface area contributed by atoms with Crippen LogP contribution >= 0.6 is 0 Å². The fourth-order valence-corrected chi connectivity index (χ4v) is 2.78. The van der Waals surface area contributed by atoms with Crippen molar-refractivity contribution >= 4 is 5.69 Å². The Morgan fingerprint density at radius 2 is 1.89 bits per heavy atom. The standard InChI is InChI=1S/C12H14N2O5/c13-5-8(15)9-6-1-3-19-12(6)10(14(16)17)7-2-4-18-11(7)9/h8,15H,1-5,13H2. The minimum atomic E-state index is -0.886. The number of fused-ring (bicyclic) bond motifs is 2. The zero-order chi connectivity index (χ0) is 13.6. The summed E-state index contributed by atoms with van der Waals surface area (Å²) in [6, 6.07) is 0. The SMILES string of the molecule is NCC(O)c1c2c(c([N+](=O)[O-])c3c1OCC3)OCC2. The zero-order valence-corrected chi connectivity index (χ0v) is 10.2. The smallest absolute Gasteiger partial charge is 0.318 e. The molecule has 0 amide bonds. The van der Waals surface area contributed by atoms with E-state index in [-0.39, 0.29) is 18.0 Å². The van der Waals surface area contributed by atoms with Crippen molar-refractivity contribution in [3.8, 4) is 11.5 Å². The van der Waals surface area contributed by atoms with E-state index in [0.717, 1.165) is 0 Å². The first kappa shape index (κ1) is 12.2. The second kappa shape index (κ2) is 4.36. The van der Waals surface area contributed by atoms with E-state index in [2.05, 4.69) is 0 Å². The first-order valence-electron chi connectivity index (χ1n) is 6.14. The monoisotopic (exact) mass is 266 g/mol. The van der Waals surface area contributed by atoms with Crippen LogP contribution in [0.25, 0.3) is 0 Å². The molecule has 19 heavy (non-hydrogen) atoms. The zero-order valence-electron chi connectivity index (χ0n) is 10.2. The van der Waals surface area contributed by atoms with Crippen LogP contribution in [0.3, 0.4) is 0 Å². The van der Waals surface area contributed by atoms with Crippen LogP contribution in [-0.2, 0) is 12.8 Å². The molecular formula is C12H14N2O5. The molecule has 0 saturated carbocycles. The van der Waals surface area contributed by atoms with Crippen LogP contribution in [-0.4, -0.2) is 29.8 Å². The van der Waals surface area contributed by atoms with Gasteiger partial charge in [0.1, 0.15) is 5.75 Å².